The van der Waals surface area contributed by atoms with Crippen LogP contribution in [0.1, 0.15) is 174 Å². The van der Waals surface area contributed by atoms with Crippen molar-refractivity contribution in [2.45, 2.75) is 174 Å². The van der Waals surface area contributed by atoms with Crippen LogP contribution in [0.15, 0.2) is 5.16 Å². The van der Waals surface area contributed by atoms with E-state index in [4.69, 9.17) is 4.84 Å². The minimum Gasteiger partial charge on any atom is -0.396 e. The van der Waals surface area contributed by atoms with Gasteiger partial charge >= 0.3 is 0 Å². The summed E-state index contributed by atoms with van der Waals surface area (Å²) in [4.78, 5) is 17.6. The van der Waals surface area contributed by atoms with E-state index in [2.05, 4.69) is 17.4 Å². The van der Waals surface area contributed by atoms with Gasteiger partial charge in [-0.2, -0.15) is 0 Å². The predicted molar refractivity (Wildman–Crippen MR) is 152 cm³/mol. The van der Waals surface area contributed by atoms with Crippen LogP contribution in [0.4, 0.5) is 0 Å². The molecule has 1 fully saturated rings. The maximum absolute atomic E-state index is 11.9. The van der Waals surface area contributed by atoms with Crippen LogP contribution < -0.4 is 5.32 Å². The monoisotopic (exact) mass is 492 g/mol. The first-order valence-electron chi connectivity index (χ1n) is 15.8. The van der Waals surface area contributed by atoms with Crippen molar-refractivity contribution in [1.82, 2.24) is 5.32 Å². The highest BCUT2D eigenvalue weighted by molar-refractivity contribution is 5.84. The van der Waals surface area contributed by atoms with E-state index in [1.807, 2.05) is 0 Å². The third kappa shape index (κ3) is 23.1. The van der Waals surface area contributed by atoms with Crippen LogP contribution >= 0.6 is 0 Å². The van der Waals surface area contributed by atoms with Crippen molar-refractivity contribution >= 4 is 11.6 Å². The molecule has 35 heavy (non-hydrogen) atoms. The molecule has 4 nitrogen and oxygen atoms in total. The smallest absolute Gasteiger partial charge is 0.219 e. The van der Waals surface area contributed by atoms with Gasteiger partial charge in [0.2, 0.25) is 5.91 Å². The number of hydrogen-bond acceptors (Lipinski definition) is 3. The van der Waals surface area contributed by atoms with Crippen LogP contribution in [0.5, 0.6) is 0 Å². The van der Waals surface area contributed by atoms with E-state index in [1.54, 1.807) is 0 Å². The largest absolute Gasteiger partial charge is 0.396 e. The van der Waals surface area contributed by atoms with Crippen LogP contribution in [-0.4, -0.2) is 24.8 Å². The number of carbonyl (C=O) groups is 1. The third-order valence-corrected chi connectivity index (χ3v) is 7.37. The summed E-state index contributed by atoms with van der Waals surface area (Å²) in [5, 5.41) is 7.58. The van der Waals surface area contributed by atoms with Gasteiger partial charge in [0.25, 0.3) is 0 Å². The molecule has 1 heterocycles. The lowest BCUT2D eigenvalue weighted by Gasteiger charge is -2.10. The molecule has 1 saturated heterocycles. The first kappa shape index (κ1) is 32.0. The van der Waals surface area contributed by atoms with Crippen LogP contribution in [0, 0.1) is 0 Å². The molecule has 0 unspecified atom stereocenters. The van der Waals surface area contributed by atoms with Crippen LogP contribution in [0.2, 0.25) is 0 Å². The number of rotatable bonds is 16. The molecular formula is C31H60N2O2. The Hall–Kier alpha value is -1.06. The van der Waals surface area contributed by atoms with Gasteiger partial charge in [-0.15, -0.1) is 0 Å². The molecule has 0 aromatic rings. The molecule has 206 valence electrons. The topological polar surface area (TPSA) is 50.7 Å². The Morgan fingerprint density at radius 3 is 1.63 bits per heavy atom. The summed E-state index contributed by atoms with van der Waals surface area (Å²) in [6.45, 7) is 3.80. The summed E-state index contributed by atoms with van der Waals surface area (Å²) in [5.74, 6) is 0.213. The van der Waals surface area contributed by atoms with Crippen molar-refractivity contribution in [3.05, 3.63) is 0 Å². The Bertz CT molecular complexity index is 492. The SMILES string of the molecule is CCCCCCCCCCCCCCCCO/N=C1/CCCCCCCCCCC(=O)NCCC1. The van der Waals surface area contributed by atoms with Gasteiger partial charge < -0.3 is 10.2 Å². The summed E-state index contributed by atoms with van der Waals surface area (Å²) in [6, 6.07) is 0. The van der Waals surface area contributed by atoms with Gasteiger partial charge in [0.15, 0.2) is 0 Å². The van der Waals surface area contributed by atoms with Crippen LogP contribution in [-0.2, 0) is 9.63 Å². The Morgan fingerprint density at radius 1 is 0.600 bits per heavy atom. The maximum atomic E-state index is 11.9. The summed E-state index contributed by atoms with van der Waals surface area (Å²) < 4.78 is 0. The lowest BCUT2D eigenvalue weighted by molar-refractivity contribution is -0.121. The van der Waals surface area contributed by atoms with E-state index in [1.165, 1.54) is 134 Å². The van der Waals surface area contributed by atoms with Crippen molar-refractivity contribution in [2.24, 2.45) is 5.16 Å². The Morgan fingerprint density at radius 2 is 1.06 bits per heavy atom. The Balaban J connectivity index is 2.04. The summed E-state index contributed by atoms with van der Waals surface area (Å²) >= 11 is 0. The molecule has 0 aromatic carbocycles. The third-order valence-electron chi connectivity index (χ3n) is 7.37. The van der Waals surface area contributed by atoms with E-state index in [9.17, 15) is 4.79 Å². The van der Waals surface area contributed by atoms with Crippen molar-refractivity contribution in [2.75, 3.05) is 13.2 Å². The lowest BCUT2D eigenvalue weighted by Crippen LogP contribution is -2.24. The van der Waals surface area contributed by atoms with Gasteiger partial charge in [-0.3, -0.25) is 4.79 Å². The molecule has 1 rings (SSSR count). The molecule has 0 radical (unpaired) electrons. The van der Waals surface area contributed by atoms with Crippen molar-refractivity contribution < 1.29 is 9.63 Å². The Labute approximate surface area is 218 Å². The van der Waals surface area contributed by atoms with Gasteiger partial charge in [0.05, 0.1) is 5.71 Å². The van der Waals surface area contributed by atoms with E-state index >= 15 is 0 Å². The molecule has 1 aliphatic rings. The fraction of sp³-hybridized carbons (Fsp3) is 0.935. The quantitative estimate of drug-likeness (QED) is 0.172. The van der Waals surface area contributed by atoms with Crippen molar-refractivity contribution in [3.63, 3.8) is 0 Å². The van der Waals surface area contributed by atoms with Gasteiger partial charge in [0, 0.05) is 13.0 Å². The van der Waals surface area contributed by atoms with Crippen molar-refractivity contribution in [3.8, 4) is 0 Å². The van der Waals surface area contributed by atoms with E-state index in [0.717, 1.165) is 45.3 Å². The average molecular weight is 493 g/mol. The van der Waals surface area contributed by atoms with Gasteiger partial charge in [-0.05, 0) is 44.9 Å². The van der Waals surface area contributed by atoms with Gasteiger partial charge in [-0.1, -0.05) is 128 Å². The predicted octanol–water partition coefficient (Wildman–Crippen LogP) is 9.65. The maximum Gasteiger partial charge on any atom is 0.219 e. The normalized spacial score (nSPS) is 18.4. The van der Waals surface area contributed by atoms with Crippen LogP contribution in [0.3, 0.4) is 0 Å². The first-order chi connectivity index (χ1) is 17.3. The number of unbranched alkanes of at least 4 members (excludes halogenated alkanes) is 13. The number of nitrogens with zero attached hydrogens (tertiary/aromatic N) is 1. The standard InChI is InChI=1S/C31H60N2O2/c1-2-3-4-5-6-7-8-9-10-11-14-17-20-23-29-35-33-30-25-21-18-15-12-13-16-19-22-27-31(34)32-28-24-26-30/h2-29H2,1H3,(H,32,34)/b33-30-. The van der Waals surface area contributed by atoms with E-state index in [0.29, 0.717) is 6.42 Å². The zero-order valence-corrected chi connectivity index (χ0v) is 23.6. The van der Waals surface area contributed by atoms with Crippen molar-refractivity contribution in [1.29, 1.82) is 0 Å². The highest BCUT2D eigenvalue weighted by Crippen LogP contribution is 2.14. The second-order valence-electron chi connectivity index (χ2n) is 10.9. The minimum atomic E-state index is 0.213. The van der Waals surface area contributed by atoms with Gasteiger partial charge in [-0.25, -0.2) is 0 Å². The second kappa shape index (κ2) is 26.0. The van der Waals surface area contributed by atoms with Crippen LogP contribution in [0.25, 0.3) is 0 Å². The van der Waals surface area contributed by atoms with E-state index < -0.39 is 0 Å². The second-order valence-corrected chi connectivity index (χ2v) is 10.9. The van der Waals surface area contributed by atoms with E-state index in [-0.39, 0.29) is 5.91 Å². The molecule has 0 spiro atoms. The molecule has 0 aromatic heterocycles. The summed E-state index contributed by atoms with van der Waals surface area (Å²) in [5.41, 5.74) is 1.19. The number of nitrogens with one attached hydrogen (secondary N) is 1. The highest BCUT2D eigenvalue weighted by Gasteiger charge is 2.05. The fourth-order valence-corrected chi connectivity index (χ4v) is 5.00. The molecule has 1 N–H and O–H groups in total. The summed E-state index contributed by atoms with van der Waals surface area (Å²) in [7, 11) is 0. The lowest BCUT2D eigenvalue weighted by atomic mass is 10.0. The number of oxime groups is 1. The number of hydrogen-bond donors (Lipinski definition) is 1. The zero-order valence-electron chi connectivity index (χ0n) is 23.6. The number of amides is 1. The molecule has 4 heteroatoms. The molecule has 0 aliphatic carbocycles. The first-order valence-corrected chi connectivity index (χ1v) is 15.8. The molecular weight excluding hydrogens is 432 g/mol. The molecule has 0 bridgehead atoms. The fourth-order valence-electron chi connectivity index (χ4n) is 5.00. The average Bonchev–Trinajstić information content (AvgIpc) is 2.86. The zero-order chi connectivity index (χ0) is 25.1. The number of carbonyl (C=O) groups excluding carboxylic acids is 1. The molecule has 1 amide bonds. The molecule has 0 atom stereocenters. The minimum absolute atomic E-state index is 0.213. The Kier molecular flexibility index (Phi) is 23.8. The highest BCUT2D eigenvalue weighted by atomic mass is 16.6. The molecule has 1 aliphatic heterocycles. The molecule has 0 saturated carbocycles. The summed E-state index contributed by atoms with van der Waals surface area (Å²) in [6.07, 6.45) is 32.9. The van der Waals surface area contributed by atoms with Gasteiger partial charge in [0.1, 0.15) is 6.61 Å².